The SMILES string of the molecule is O=C(NC1CC2CCC1O2)NC1(C(=O)O)CCOCC1. The number of amides is 2. The molecule has 0 aromatic rings. The monoisotopic (exact) mass is 284 g/mol. The molecule has 3 rings (SSSR count). The molecule has 20 heavy (non-hydrogen) atoms. The van der Waals surface area contributed by atoms with Gasteiger partial charge in [0, 0.05) is 26.1 Å². The van der Waals surface area contributed by atoms with E-state index in [0.717, 1.165) is 19.3 Å². The number of nitrogens with one attached hydrogen (secondary N) is 2. The number of carboxylic acids is 1. The van der Waals surface area contributed by atoms with Crippen LogP contribution in [0.15, 0.2) is 0 Å². The Morgan fingerprint density at radius 2 is 1.95 bits per heavy atom. The highest BCUT2D eigenvalue weighted by Crippen LogP contribution is 2.34. The van der Waals surface area contributed by atoms with Gasteiger partial charge in [-0.25, -0.2) is 9.59 Å². The lowest BCUT2D eigenvalue weighted by Gasteiger charge is -2.34. The van der Waals surface area contributed by atoms with E-state index in [1.807, 2.05) is 0 Å². The zero-order chi connectivity index (χ0) is 14.2. The number of ether oxygens (including phenoxy) is 2. The molecule has 2 bridgehead atoms. The van der Waals surface area contributed by atoms with Crippen LogP contribution in [0.25, 0.3) is 0 Å². The van der Waals surface area contributed by atoms with Crippen LogP contribution < -0.4 is 10.6 Å². The molecule has 3 unspecified atom stereocenters. The summed E-state index contributed by atoms with van der Waals surface area (Å²) in [5, 5.41) is 14.9. The molecular weight excluding hydrogens is 264 g/mol. The van der Waals surface area contributed by atoms with Gasteiger partial charge in [0.1, 0.15) is 5.54 Å². The first-order chi connectivity index (χ1) is 9.59. The highest BCUT2D eigenvalue weighted by molar-refractivity contribution is 5.86. The van der Waals surface area contributed by atoms with Crippen molar-refractivity contribution >= 4 is 12.0 Å². The van der Waals surface area contributed by atoms with Gasteiger partial charge in [0.25, 0.3) is 0 Å². The second-order valence-electron chi connectivity index (χ2n) is 5.81. The van der Waals surface area contributed by atoms with Gasteiger partial charge in [-0.1, -0.05) is 0 Å². The van der Waals surface area contributed by atoms with E-state index in [1.165, 1.54) is 0 Å². The van der Waals surface area contributed by atoms with Gasteiger partial charge in [-0.2, -0.15) is 0 Å². The van der Waals surface area contributed by atoms with E-state index < -0.39 is 17.5 Å². The number of rotatable bonds is 3. The van der Waals surface area contributed by atoms with Crippen molar-refractivity contribution in [2.75, 3.05) is 13.2 Å². The van der Waals surface area contributed by atoms with Gasteiger partial charge in [0.05, 0.1) is 18.2 Å². The van der Waals surface area contributed by atoms with Gasteiger partial charge in [-0.05, 0) is 19.3 Å². The second-order valence-corrected chi connectivity index (χ2v) is 5.81. The van der Waals surface area contributed by atoms with Gasteiger partial charge < -0.3 is 25.2 Å². The molecule has 3 N–H and O–H groups in total. The Morgan fingerprint density at radius 3 is 2.50 bits per heavy atom. The van der Waals surface area contributed by atoms with Crippen LogP contribution in [0.3, 0.4) is 0 Å². The molecular formula is C13H20N2O5. The fraction of sp³-hybridized carbons (Fsp3) is 0.846. The Hall–Kier alpha value is -1.34. The molecule has 3 aliphatic heterocycles. The molecule has 0 radical (unpaired) electrons. The number of aliphatic carboxylic acids is 1. The van der Waals surface area contributed by atoms with Crippen molar-refractivity contribution in [1.82, 2.24) is 10.6 Å². The minimum absolute atomic E-state index is 0.000523. The number of hydrogen-bond donors (Lipinski definition) is 3. The fourth-order valence-electron chi connectivity index (χ4n) is 3.32. The third kappa shape index (κ3) is 2.47. The Kier molecular flexibility index (Phi) is 3.55. The van der Waals surface area contributed by atoms with E-state index >= 15 is 0 Å². The van der Waals surface area contributed by atoms with E-state index in [-0.39, 0.29) is 18.2 Å². The third-order valence-corrected chi connectivity index (χ3v) is 4.53. The lowest BCUT2D eigenvalue weighted by molar-refractivity contribution is -0.148. The summed E-state index contributed by atoms with van der Waals surface area (Å²) in [6, 6.07) is -0.421. The molecule has 112 valence electrons. The number of fused-ring (bicyclic) bond motifs is 2. The standard InChI is InChI=1S/C13H20N2O5/c16-11(17)13(3-5-19-6-4-13)15-12(18)14-9-7-8-1-2-10(9)20-8/h8-10H,1-7H2,(H,16,17)(H2,14,15,18). The summed E-state index contributed by atoms with van der Waals surface area (Å²) in [4.78, 5) is 23.5. The largest absolute Gasteiger partial charge is 0.480 e. The first kappa shape index (κ1) is 13.6. The summed E-state index contributed by atoms with van der Waals surface area (Å²) in [6.07, 6.45) is 3.77. The van der Waals surface area contributed by atoms with Crippen LogP contribution in [0, 0.1) is 0 Å². The van der Waals surface area contributed by atoms with Crippen molar-refractivity contribution in [3.63, 3.8) is 0 Å². The molecule has 2 amide bonds. The average molecular weight is 284 g/mol. The first-order valence-corrected chi connectivity index (χ1v) is 7.14. The maximum Gasteiger partial charge on any atom is 0.329 e. The molecule has 0 aliphatic carbocycles. The molecule has 3 saturated heterocycles. The average Bonchev–Trinajstić information content (AvgIpc) is 3.01. The van der Waals surface area contributed by atoms with Gasteiger partial charge in [-0.15, -0.1) is 0 Å². The van der Waals surface area contributed by atoms with Crippen molar-refractivity contribution in [2.45, 2.75) is 55.9 Å². The smallest absolute Gasteiger partial charge is 0.329 e. The maximum absolute atomic E-state index is 12.1. The van der Waals surface area contributed by atoms with Crippen molar-refractivity contribution in [2.24, 2.45) is 0 Å². The van der Waals surface area contributed by atoms with E-state index in [0.29, 0.717) is 26.1 Å². The Morgan fingerprint density at radius 1 is 1.20 bits per heavy atom. The van der Waals surface area contributed by atoms with Crippen LogP contribution in [0.2, 0.25) is 0 Å². The molecule has 7 nitrogen and oxygen atoms in total. The van der Waals surface area contributed by atoms with Crippen molar-refractivity contribution < 1.29 is 24.2 Å². The molecule has 0 saturated carbocycles. The molecule has 7 heteroatoms. The van der Waals surface area contributed by atoms with Crippen LogP contribution >= 0.6 is 0 Å². The van der Waals surface area contributed by atoms with Gasteiger partial charge in [-0.3, -0.25) is 0 Å². The minimum Gasteiger partial charge on any atom is -0.480 e. The molecule has 0 aromatic heterocycles. The molecule has 3 heterocycles. The third-order valence-electron chi connectivity index (χ3n) is 4.53. The number of carboxylic acid groups (broad SMARTS) is 1. The topological polar surface area (TPSA) is 96.9 Å². The van der Waals surface area contributed by atoms with Crippen LogP contribution in [0.4, 0.5) is 4.79 Å². The molecule has 3 atom stereocenters. The van der Waals surface area contributed by atoms with E-state index in [9.17, 15) is 14.7 Å². The Bertz CT molecular complexity index is 408. The summed E-state index contributed by atoms with van der Waals surface area (Å²) < 4.78 is 10.8. The lowest BCUT2D eigenvalue weighted by atomic mass is 9.90. The summed E-state index contributed by atoms with van der Waals surface area (Å²) >= 11 is 0. The number of hydrogen-bond acceptors (Lipinski definition) is 4. The Balaban J connectivity index is 1.58. The Labute approximate surface area is 117 Å². The number of urea groups is 1. The summed E-state index contributed by atoms with van der Waals surface area (Å²) in [5.74, 6) is -1.000. The highest BCUT2D eigenvalue weighted by Gasteiger charge is 2.44. The summed E-state index contributed by atoms with van der Waals surface area (Å²) in [7, 11) is 0. The number of carbonyl (C=O) groups is 2. The van der Waals surface area contributed by atoms with E-state index in [2.05, 4.69) is 10.6 Å². The van der Waals surface area contributed by atoms with Gasteiger partial charge in [0.2, 0.25) is 0 Å². The van der Waals surface area contributed by atoms with Gasteiger partial charge in [0.15, 0.2) is 0 Å². The number of carbonyl (C=O) groups excluding carboxylic acids is 1. The first-order valence-electron chi connectivity index (χ1n) is 7.14. The fourth-order valence-corrected chi connectivity index (χ4v) is 3.32. The quantitative estimate of drug-likeness (QED) is 0.690. The predicted octanol–water partition coefficient (Wildman–Crippen LogP) is 0.239. The molecule has 3 fully saturated rings. The van der Waals surface area contributed by atoms with Crippen LogP contribution in [-0.4, -0.2) is 54.1 Å². The molecule has 0 spiro atoms. The molecule has 0 aromatic carbocycles. The highest BCUT2D eigenvalue weighted by atomic mass is 16.5. The van der Waals surface area contributed by atoms with Crippen LogP contribution in [0.1, 0.15) is 32.1 Å². The lowest BCUT2D eigenvalue weighted by Crippen LogP contribution is -2.61. The normalized spacial score (nSPS) is 34.7. The zero-order valence-electron chi connectivity index (χ0n) is 11.3. The van der Waals surface area contributed by atoms with E-state index in [1.54, 1.807) is 0 Å². The minimum atomic E-state index is -1.21. The predicted molar refractivity (Wildman–Crippen MR) is 68.4 cm³/mol. The van der Waals surface area contributed by atoms with E-state index in [4.69, 9.17) is 9.47 Å². The van der Waals surface area contributed by atoms with Crippen molar-refractivity contribution in [3.05, 3.63) is 0 Å². The zero-order valence-corrected chi connectivity index (χ0v) is 11.3. The van der Waals surface area contributed by atoms with Crippen molar-refractivity contribution in [1.29, 1.82) is 0 Å². The molecule has 3 aliphatic rings. The van der Waals surface area contributed by atoms with Crippen LogP contribution in [-0.2, 0) is 14.3 Å². The summed E-state index contributed by atoms with van der Waals surface area (Å²) in [6.45, 7) is 0.702. The van der Waals surface area contributed by atoms with Gasteiger partial charge >= 0.3 is 12.0 Å². The van der Waals surface area contributed by atoms with Crippen molar-refractivity contribution in [3.8, 4) is 0 Å². The summed E-state index contributed by atoms with van der Waals surface area (Å²) in [5.41, 5.74) is -1.21. The maximum atomic E-state index is 12.1. The van der Waals surface area contributed by atoms with Crippen LogP contribution in [0.5, 0.6) is 0 Å². The second kappa shape index (κ2) is 5.21.